The number of nitrogens with two attached hydrogens (primary N) is 1. The molecule has 0 unspecified atom stereocenters. The smallest absolute Gasteiger partial charge is 0.254 e. The van der Waals surface area contributed by atoms with Gasteiger partial charge in [-0.3, -0.25) is 4.79 Å². The molecule has 0 aromatic carbocycles. The van der Waals surface area contributed by atoms with Crippen molar-refractivity contribution in [2.75, 3.05) is 18.8 Å². The van der Waals surface area contributed by atoms with Gasteiger partial charge < -0.3 is 10.6 Å². The van der Waals surface area contributed by atoms with E-state index in [2.05, 4.69) is 32.7 Å². The minimum atomic E-state index is 0.0872. The second kappa shape index (κ2) is 6.04. The van der Waals surface area contributed by atoms with Gasteiger partial charge in [-0.1, -0.05) is 34.1 Å². The Morgan fingerprint density at radius 1 is 1.38 bits per heavy atom. The minimum absolute atomic E-state index is 0.0872. The van der Waals surface area contributed by atoms with Gasteiger partial charge in [-0.25, -0.2) is 4.98 Å². The normalized spacial score (nSPS) is 18.0. The number of hydrogen-bond donors (Lipinski definition) is 1. The average Bonchev–Trinajstić information content (AvgIpc) is 2.46. The summed E-state index contributed by atoms with van der Waals surface area (Å²) >= 11 is 0. The van der Waals surface area contributed by atoms with Crippen molar-refractivity contribution in [3.8, 4) is 0 Å². The van der Waals surface area contributed by atoms with E-state index < -0.39 is 0 Å². The van der Waals surface area contributed by atoms with Gasteiger partial charge in [0.25, 0.3) is 5.91 Å². The number of likely N-dealkylation sites (tertiary alicyclic amines) is 1. The molecule has 0 aliphatic carbocycles. The van der Waals surface area contributed by atoms with Crippen LogP contribution in [0.2, 0.25) is 0 Å². The van der Waals surface area contributed by atoms with E-state index in [9.17, 15) is 4.79 Å². The number of carbonyl (C=O) groups is 1. The van der Waals surface area contributed by atoms with Crippen molar-refractivity contribution in [3.05, 3.63) is 23.4 Å². The van der Waals surface area contributed by atoms with Crippen LogP contribution in [0, 0.1) is 5.41 Å². The van der Waals surface area contributed by atoms with Crippen LogP contribution in [0.3, 0.4) is 0 Å². The lowest BCUT2D eigenvalue weighted by Gasteiger charge is -2.39. The number of rotatable bonds is 3. The summed E-state index contributed by atoms with van der Waals surface area (Å²) in [5.41, 5.74) is 7.79. The molecular weight excluding hydrogens is 262 g/mol. The largest absolute Gasteiger partial charge is 0.384 e. The molecule has 1 saturated heterocycles. The fraction of sp³-hybridized carbons (Fsp3) is 0.647. The van der Waals surface area contributed by atoms with Crippen LogP contribution in [-0.4, -0.2) is 28.9 Å². The Balaban J connectivity index is 2.14. The standard InChI is InChI=1S/C17H27N3O/c1-5-17(4)6-8-20(9-7-17)16(21)13-10-14(12(2)3)19-15(18)11-13/h10-12H,5-9H2,1-4H3,(H2,18,19). The zero-order valence-electron chi connectivity index (χ0n) is 13.6. The molecule has 4 heteroatoms. The molecule has 1 aromatic heterocycles. The molecule has 1 aliphatic heterocycles. The first-order chi connectivity index (χ1) is 9.84. The highest BCUT2D eigenvalue weighted by molar-refractivity contribution is 5.95. The highest BCUT2D eigenvalue weighted by Gasteiger charge is 2.30. The fourth-order valence-electron chi connectivity index (χ4n) is 2.78. The molecule has 1 aliphatic rings. The van der Waals surface area contributed by atoms with E-state index in [1.165, 1.54) is 6.42 Å². The van der Waals surface area contributed by atoms with Crippen molar-refractivity contribution in [2.24, 2.45) is 5.41 Å². The number of pyridine rings is 1. The van der Waals surface area contributed by atoms with Crippen LogP contribution in [0.25, 0.3) is 0 Å². The first-order valence-corrected chi connectivity index (χ1v) is 7.91. The van der Waals surface area contributed by atoms with Gasteiger partial charge in [-0.2, -0.15) is 0 Å². The summed E-state index contributed by atoms with van der Waals surface area (Å²) in [5, 5.41) is 0. The van der Waals surface area contributed by atoms with Crippen LogP contribution in [0.15, 0.2) is 12.1 Å². The average molecular weight is 289 g/mol. The fourth-order valence-corrected chi connectivity index (χ4v) is 2.78. The van der Waals surface area contributed by atoms with E-state index in [0.29, 0.717) is 16.8 Å². The maximum atomic E-state index is 12.7. The number of nitrogens with zero attached hydrogens (tertiary/aromatic N) is 2. The third kappa shape index (κ3) is 3.55. The topological polar surface area (TPSA) is 59.2 Å². The minimum Gasteiger partial charge on any atom is -0.384 e. The van der Waals surface area contributed by atoms with Crippen molar-refractivity contribution in [3.63, 3.8) is 0 Å². The van der Waals surface area contributed by atoms with E-state index in [-0.39, 0.29) is 11.8 Å². The number of piperidine rings is 1. The summed E-state index contributed by atoms with van der Waals surface area (Å²) in [6.07, 6.45) is 3.33. The van der Waals surface area contributed by atoms with Gasteiger partial charge in [0.15, 0.2) is 0 Å². The van der Waals surface area contributed by atoms with Crippen LogP contribution < -0.4 is 5.73 Å². The Labute approximate surface area is 127 Å². The molecule has 0 bridgehead atoms. The first kappa shape index (κ1) is 15.8. The number of nitrogen functional groups attached to an aromatic ring is 1. The lowest BCUT2D eigenvalue weighted by molar-refractivity contribution is 0.0600. The SMILES string of the molecule is CCC1(C)CCN(C(=O)c2cc(N)nc(C(C)C)c2)CC1. The van der Waals surface area contributed by atoms with Crippen molar-refractivity contribution < 1.29 is 4.79 Å². The lowest BCUT2D eigenvalue weighted by Crippen LogP contribution is -2.42. The van der Waals surface area contributed by atoms with Gasteiger partial charge >= 0.3 is 0 Å². The number of aromatic nitrogens is 1. The maximum absolute atomic E-state index is 12.7. The number of amides is 1. The maximum Gasteiger partial charge on any atom is 0.254 e. The third-order valence-corrected chi connectivity index (χ3v) is 4.81. The summed E-state index contributed by atoms with van der Waals surface area (Å²) in [7, 11) is 0. The zero-order valence-corrected chi connectivity index (χ0v) is 13.6. The Bertz CT molecular complexity index is 517. The molecule has 0 radical (unpaired) electrons. The third-order valence-electron chi connectivity index (χ3n) is 4.81. The molecule has 21 heavy (non-hydrogen) atoms. The van der Waals surface area contributed by atoms with E-state index >= 15 is 0 Å². The van der Waals surface area contributed by atoms with Gasteiger partial charge in [0, 0.05) is 24.3 Å². The van der Waals surface area contributed by atoms with Crippen molar-refractivity contribution in [2.45, 2.75) is 52.9 Å². The van der Waals surface area contributed by atoms with Crippen LogP contribution in [0.1, 0.15) is 68.9 Å². The van der Waals surface area contributed by atoms with E-state index in [4.69, 9.17) is 5.73 Å². The molecule has 1 aromatic rings. The molecule has 2 N–H and O–H groups in total. The van der Waals surface area contributed by atoms with Gasteiger partial charge in [-0.15, -0.1) is 0 Å². The second-order valence-corrected chi connectivity index (χ2v) is 6.82. The van der Waals surface area contributed by atoms with Crippen LogP contribution in [-0.2, 0) is 0 Å². The van der Waals surface area contributed by atoms with Gasteiger partial charge in [-0.05, 0) is 36.3 Å². The molecule has 0 atom stereocenters. The lowest BCUT2D eigenvalue weighted by atomic mass is 9.78. The Morgan fingerprint density at radius 2 is 2.00 bits per heavy atom. The van der Waals surface area contributed by atoms with E-state index in [1.807, 2.05) is 11.0 Å². The Kier molecular flexibility index (Phi) is 4.55. The summed E-state index contributed by atoms with van der Waals surface area (Å²) in [6.45, 7) is 10.3. The second-order valence-electron chi connectivity index (χ2n) is 6.82. The van der Waals surface area contributed by atoms with Crippen LogP contribution in [0.5, 0.6) is 0 Å². The molecule has 2 heterocycles. The summed E-state index contributed by atoms with van der Waals surface area (Å²) in [6, 6.07) is 3.58. The van der Waals surface area contributed by atoms with Crippen LogP contribution in [0.4, 0.5) is 5.82 Å². The summed E-state index contributed by atoms with van der Waals surface area (Å²) < 4.78 is 0. The quantitative estimate of drug-likeness (QED) is 0.927. The molecule has 0 saturated carbocycles. The Hall–Kier alpha value is -1.58. The number of carbonyl (C=O) groups excluding carboxylic acids is 1. The summed E-state index contributed by atoms with van der Waals surface area (Å²) in [4.78, 5) is 18.9. The van der Waals surface area contributed by atoms with Crippen molar-refractivity contribution >= 4 is 11.7 Å². The van der Waals surface area contributed by atoms with E-state index in [1.54, 1.807) is 6.07 Å². The van der Waals surface area contributed by atoms with E-state index in [0.717, 1.165) is 31.6 Å². The molecule has 1 fully saturated rings. The first-order valence-electron chi connectivity index (χ1n) is 7.91. The number of anilines is 1. The van der Waals surface area contributed by atoms with Crippen molar-refractivity contribution in [1.82, 2.24) is 9.88 Å². The van der Waals surface area contributed by atoms with Crippen molar-refractivity contribution in [1.29, 1.82) is 0 Å². The monoisotopic (exact) mass is 289 g/mol. The highest BCUT2D eigenvalue weighted by atomic mass is 16.2. The molecule has 2 rings (SSSR count). The zero-order chi connectivity index (χ0) is 15.6. The molecule has 1 amide bonds. The highest BCUT2D eigenvalue weighted by Crippen LogP contribution is 2.34. The van der Waals surface area contributed by atoms with Crippen LogP contribution >= 0.6 is 0 Å². The molecular formula is C17H27N3O. The Morgan fingerprint density at radius 3 is 2.52 bits per heavy atom. The van der Waals surface area contributed by atoms with Gasteiger partial charge in [0.05, 0.1) is 0 Å². The van der Waals surface area contributed by atoms with Gasteiger partial charge in [0.2, 0.25) is 0 Å². The molecule has 4 nitrogen and oxygen atoms in total. The predicted molar refractivity (Wildman–Crippen MR) is 86.3 cm³/mol. The molecule has 0 spiro atoms. The summed E-state index contributed by atoms with van der Waals surface area (Å²) in [5.74, 6) is 0.786. The molecule has 116 valence electrons. The van der Waals surface area contributed by atoms with Gasteiger partial charge in [0.1, 0.15) is 5.82 Å². The number of hydrogen-bond acceptors (Lipinski definition) is 3. The predicted octanol–water partition coefficient (Wildman–Crippen LogP) is 3.44.